The van der Waals surface area contributed by atoms with Gasteiger partial charge in [0, 0.05) is 18.3 Å². The number of dihydropyridines is 1. The monoisotopic (exact) mass is 298 g/mol. The summed E-state index contributed by atoms with van der Waals surface area (Å²) in [4.78, 5) is 14.5. The number of aromatic nitrogens is 2. The average Bonchev–Trinajstić information content (AvgIpc) is 2.81. The normalized spacial score (nSPS) is 15.3. The van der Waals surface area contributed by atoms with Crippen molar-refractivity contribution in [2.75, 3.05) is 0 Å². The number of rotatable bonds is 3. The van der Waals surface area contributed by atoms with Crippen molar-refractivity contribution >= 4 is 5.82 Å². The average molecular weight is 298 g/mol. The van der Waals surface area contributed by atoms with Crippen molar-refractivity contribution in [3.05, 3.63) is 44.7 Å². The Morgan fingerprint density at radius 2 is 1.86 bits per heavy atom. The van der Waals surface area contributed by atoms with E-state index >= 15 is 0 Å². The summed E-state index contributed by atoms with van der Waals surface area (Å²) in [7, 11) is 0. The highest BCUT2D eigenvalue weighted by atomic mass is 16.6. The van der Waals surface area contributed by atoms with Crippen molar-refractivity contribution in [1.82, 2.24) is 14.9 Å². The Bertz CT molecular complexity index is 751. The van der Waals surface area contributed by atoms with E-state index in [9.17, 15) is 20.6 Å². The molecule has 1 aromatic heterocycles. The zero-order chi connectivity index (χ0) is 16.4. The van der Waals surface area contributed by atoms with Gasteiger partial charge in [-0.05, 0) is 18.8 Å². The first-order chi connectivity index (χ1) is 10.4. The minimum absolute atomic E-state index is 0.129. The fourth-order valence-electron chi connectivity index (χ4n) is 2.60. The molecule has 0 aromatic carbocycles. The van der Waals surface area contributed by atoms with Gasteiger partial charge in [-0.15, -0.1) is 0 Å². The number of aryl methyl sites for hydroxylation is 1. The fourth-order valence-corrected chi connectivity index (χ4v) is 2.60. The van der Waals surface area contributed by atoms with Crippen LogP contribution in [0.2, 0.25) is 0 Å². The fraction of sp³-hybridized carbons (Fsp3) is 0.357. The van der Waals surface area contributed by atoms with Gasteiger partial charge in [0.15, 0.2) is 5.82 Å². The summed E-state index contributed by atoms with van der Waals surface area (Å²) in [6.45, 7) is 5.28. The number of nitro groups is 1. The van der Waals surface area contributed by atoms with Gasteiger partial charge in [-0.2, -0.15) is 10.5 Å². The third-order valence-corrected chi connectivity index (χ3v) is 3.71. The number of nitrogens with one attached hydrogen (secondary N) is 1. The van der Waals surface area contributed by atoms with Crippen LogP contribution in [0.5, 0.6) is 0 Å². The van der Waals surface area contributed by atoms with Crippen LogP contribution >= 0.6 is 0 Å². The number of hydrogen-bond donors (Lipinski definition) is 1. The van der Waals surface area contributed by atoms with Crippen molar-refractivity contribution in [2.45, 2.75) is 27.3 Å². The molecule has 0 aliphatic carbocycles. The molecule has 1 aliphatic rings. The minimum atomic E-state index is -0.525. The Hall–Kier alpha value is -3.13. The second kappa shape index (κ2) is 5.70. The Morgan fingerprint density at radius 1 is 1.32 bits per heavy atom. The molecule has 0 saturated heterocycles. The van der Waals surface area contributed by atoms with Crippen molar-refractivity contribution in [3.63, 3.8) is 0 Å². The van der Waals surface area contributed by atoms with E-state index in [1.54, 1.807) is 20.8 Å². The van der Waals surface area contributed by atoms with Gasteiger partial charge < -0.3 is 15.4 Å². The van der Waals surface area contributed by atoms with Crippen molar-refractivity contribution in [2.24, 2.45) is 5.92 Å². The van der Waals surface area contributed by atoms with Crippen LogP contribution in [0, 0.1) is 45.6 Å². The summed E-state index contributed by atoms with van der Waals surface area (Å²) in [5.41, 5.74) is 2.13. The summed E-state index contributed by atoms with van der Waals surface area (Å²) in [5, 5.41) is 32.8. The smallest absolute Gasteiger partial charge is 0.342 e. The van der Waals surface area contributed by atoms with Crippen LogP contribution in [0.4, 0.5) is 5.82 Å². The molecule has 2 rings (SSSR count). The summed E-state index contributed by atoms with van der Waals surface area (Å²) in [5.74, 6) is -0.209. The van der Waals surface area contributed by atoms with Gasteiger partial charge >= 0.3 is 5.82 Å². The predicted octanol–water partition coefficient (Wildman–Crippen LogP) is 1.91. The molecule has 8 heteroatoms. The second-order valence-electron chi connectivity index (χ2n) is 5.01. The molecule has 2 heterocycles. The van der Waals surface area contributed by atoms with E-state index in [1.807, 2.05) is 0 Å². The lowest BCUT2D eigenvalue weighted by Crippen LogP contribution is -2.27. The molecule has 0 unspecified atom stereocenters. The molecule has 22 heavy (non-hydrogen) atoms. The van der Waals surface area contributed by atoms with E-state index in [-0.39, 0.29) is 12.4 Å². The zero-order valence-electron chi connectivity index (χ0n) is 12.4. The summed E-state index contributed by atoms with van der Waals surface area (Å²) in [6, 6.07) is 4.19. The van der Waals surface area contributed by atoms with Gasteiger partial charge in [-0.25, -0.2) is 9.55 Å². The van der Waals surface area contributed by atoms with Gasteiger partial charge in [0.1, 0.15) is 12.7 Å². The first-order valence-corrected chi connectivity index (χ1v) is 6.56. The standard InChI is InChI=1S/C14H14N6O2/c1-8-11(4-15)13(12(5-16)9(2)18-8)7-19-10(3)17-6-14(19)20(21)22/h6,13,18H,7H2,1-3H3. The Labute approximate surface area is 127 Å². The zero-order valence-corrected chi connectivity index (χ0v) is 12.4. The van der Waals surface area contributed by atoms with Gasteiger partial charge in [0.2, 0.25) is 0 Å². The van der Waals surface area contributed by atoms with Crippen LogP contribution in [0.15, 0.2) is 28.7 Å². The number of hydrogen-bond acceptors (Lipinski definition) is 6. The topological polar surface area (TPSA) is 121 Å². The summed E-state index contributed by atoms with van der Waals surface area (Å²) >= 11 is 0. The molecule has 8 nitrogen and oxygen atoms in total. The summed E-state index contributed by atoms with van der Waals surface area (Å²) < 4.78 is 1.42. The first-order valence-electron chi connectivity index (χ1n) is 6.56. The summed E-state index contributed by atoms with van der Waals surface area (Å²) in [6.07, 6.45) is 1.18. The molecular formula is C14H14N6O2. The first kappa shape index (κ1) is 15.3. The maximum Gasteiger partial charge on any atom is 0.342 e. The molecule has 0 bridgehead atoms. The minimum Gasteiger partial charge on any atom is -0.361 e. The molecule has 1 N–H and O–H groups in total. The van der Waals surface area contributed by atoms with E-state index in [0.717, 1.165) is 0 Å². The molecule has 0 fully saturated rings. The molecule has 112 valence electrons. The number of imidazole rings is 1. The maximum atomic E-state index is 11.1. The van der Waals surface area contributed by atoms with Crippen LogP contribution in [-0.2, 0) is 6.54 Å². The molecular weight excluding hydrogens is 284 g/mol. The van der Waals surface area contributed by atoms with E-state index in [4.69, 9.17) is 0 Å². The third kappa shape index (κ3) is 2.42. The molecule has 0 radical (unpaired) electrons. The molecule has 0 amide bonds. The highest BCUT2D eigenvalue weighted by Crippen LogP contribution is 2.31. The molecule has 1 aromatic rings. The second-order valence-corrected chi connectivity index (χ2v) is 5.01. The maximum absolute atomic E-state index is 11.1. The molecule has 1 aliphatic heterocycles. The van der Waals surface area contributed by atoms with Gasteiger partial charge in [-0.1, -0.05) is 0 Å². The quantitative estimate of drug-likeness (QED) is 0.672. The molecule has 0 spiro atoms. The van der Waals surface area contributed by atoms with E-state index in [1.165, 1.54) is 10.8 Å². The number of allylic oxidation sites excluding steroid dienone is 4. The van der Waals surface area contributed by atoms with Crippen molar-refractivity contribution in [1.29, 1.82) is 10.5 Å². The highest BCUT2D eigenvalue weighted by molar-refractivity contribution is 5.47. The van der Waals surface area contributed by atoms with Gasteiger partial charge in [0.05, 0.1) is 29.2 Å². The molecule has 0 atom stereocenters. The van der Waals surface area contributed by atoms with Crippen LogP contribution in [0.3, 0.4) is 0 Å². The SMILES string of the molecule is CC1=C(C#N)C(Cn2c([N+](=O)[O-])cnc2C)C(C#N)=C(C)N1. The number of nitrogens with zero attached hydrogens (tertiary/aromatic N) is 5. The lowest BCUT2D eigenvalue weighted by molar-refractivity contribution is -0.392. The Balaban J connectivity index is 2.52. The highest BCUT2D eigenvalue weighted by Gasteiger charge is 2.32. The van der Waals surface area contributed by atoms with Crippen LogP contribution < -0.4 is 5.32 Å². The van der Waals surface area contributed by atoms with Crippen molar-refractivity contribution < 1.29 is 4.92 Å². The Morgan fingerprint density at radius 3 is 2.32 bits per heavy atom. The van der Waals surface area contributed by atoms with E-state index in [2.05, 4.69) is 22.4 Å². The lowest BCUT2D eigenvalue weighted by Gasteiger charge is -2.25. The van der Waals surface area contributed by atoms with Crippen molar-refractivity contribution in [3.8, 4) is 12.1 Å². The largest absolute Gasteiger partial charge is 0.361 e. The van der Waals surface area contributed by atoms with E-state index in [0.29, 0.717) is 28.4 Å². The van der Waals surface area contributed by atoms with Crippen LogP contribution in [0.1, 0.15) is 19.7 Å². The van der Waals surface area contributed by atoms with Gasteiger partial charge in [0.25, 0.3) is 0 Å². The number of nitriles is 2. The third-order valence-electron chi connectivity index (χ3n) is 3.71. The van der Waals surface area contributed by atoms with Crippen LogP contribution in [-0.4, -0.2) is 14.5 Å². The van der Waals surface area contributed by atoms with E-state index < -0.39 is 10.8 Å². The Kier molecular flexibility index (Phi) is 3.95. The molecule has 0 saturated carbocycles. The predicted molar refractivity (Wildman–Crippen MR) is 76.9 cm³/mol. The lowest BCUT2D eigenvalue weighted by atomic mass is 9.87. The van der Waals surface area contributed by atoms with Crippen LogP contribution in [0.25, 0.3) is 0 Å². The van der Waals surface area contributed by atoms with Gasteiger partial charge in [-0.3, -0.25) is 0 Å².